The zero-order chi connectivity index (χ0) is 26.3. The Morgan fingerprint density at radius 2 is 1.39 bits per heavy atom. The van der Waals surface area contributed by atoms with Gasteiger partial charge < -0.3 is 50.0 Å². The quantitative estimate of drug-likeness (QED) is 0.201. The van der Waals surface area contributed by atoms with E-state index in [4.69, 9.17) is 14.2 Å². The lowest BCUT2D eigenvalue weighted by molar-refractivity contribution is -0.0189. The van der Waals surface area contributed by atoms with Gasteiger partial charge in [0, 0.05) is 29.7 Å². The lowest BCUT2D eigenvalue weighted by Crippen LogP contribution is -2.34. The zero-order valence-electron chi connectivity index (χ0n) is 19.2. The summed E-state index contributed by atoms with van der Waals surface area (Å²) in [5.41, 5.74) is 0.148. The third-order valence-corrected chi connectivity index (χ3v) is 5.51. The van der Waals surface area contributed by atoms with Crippen LogP contribution in [0.15, 0.2) is 36.4 Å². The summed E-state index contributed by atoms with van der Waals surface area (Å²) in [4.78, 5) is 12.9. The van der Waals surface area contributed by atoms with Crippen LogP contribution in [-0.2, 0) is 11.2 Å². The third-order valence-electron chi connectivity index (χ3n) is 5.51. The number of rotatable bonds is 5. The molecule has 4 rings (SSSR count). The van der Waals surface area contributed by atoms with E-state index >= 15 is 0 Å². The van der Waals surface area contributed by atoms with Crippen LogP contribution in [0.3, 0.4) is 0 Å². The Kier molecular flexibility index (Phi) is 6.23. The molecule has 0 spiro atoms. The van der Waals surface area contributed by atoms with Gasteiger partial charge in [-0.3, -0.25) is 0 Å². The number of benzene rings is 3. The van der Waals surface area contributed by atoms with Gasteiger partial charge in [0.2, 0.25) is 0 Å². The molecular weight excluding hydrogens is 476 g/mol. The first kappa shape index (κ1) is 24.5. The minimum Gasteiger partial charge on any atom is -0.507 e. The summed E-state index contributed by atoms with van der Waals surface area (Å²) in [7, 11) is 0. The summed E-state index contributed by atoms with van der Waals surface area (Å²) >= 11 is 0. The fraction of sp³-hybridized carbons (Fsp3) is 0.240. The summed E-state index contributed by atoms with van der Waals surface area (Å²) in [6, 6.07) is 6.96. The number of esters is 1. The van der Waals surface area contributed by atoms with Gasteiger partial charge in [-0.1, -0.05) is 0 Å². The molecule has 0 radical (unpaired) electrons. The van der Waals surface area contributed by atoms with Crippen molar-refractivity contribution in [2.24, 2.45) is 0 Å². The van der Waals surface area contributed by atoms with Gasteiger partial charge in [0.05, 0.1) is 11.7 Å². The maximum absolute atomic E-state index is 12.9. The van der Waals surface area contributed by atoms with Crippen molar-refractivity contribution in [3.63, 3.8) is 0 Å². The molecule has 0 amide bonds. The van der Waals surface area contributed by atoms with Crippen molar-refractivity contribution >= 4 is 5.97 Å². The molecule has 36 heavy (non-hydrogen) atoms. The Hall–Kier alpha value is -4.67. The fourth-order valence-corrected chi connectivity index (χ4v) is 3.88. The standard InChI is InChI=1S/C25H24O11/c1-10(2)34-13-7-15(26)14-9-21(36-25(33)12-5-18(29)23(32)19(30)6-12)24(35-20(14)8-13)11-3-16(27)22(31)17(28)4-11/h3-8,10,21,24,26-32H,9H2,1-2H3/t21-,24-/m1/s1. The molecule has 0 fully saturated rings. The van der Waals surface area contributed by atoms with Crippen LogP contribution in [0.5, 0.6) is 51.7 Å². The van der Waals surface area contributed by atoms with Crippen LogP contribution in [0, 0.1) is 0 Å². The molecule has 1 aliphatic heterocycles. The molecule has 0 saturated carbocycles. The Balaban J connectivity index is 1.75. The molecule has 3 aromatic rings. The van der Waals surface area contributed by atoms with E-state index in [9.17, 15) is 40.5 Å². The van der Waals surface area contributed by atoms with E-state index in [0.29, 0.717) is 11.3 Å². The highest BCUT2D eigenvalue weighted by molar-refractivity contribution is 5.91. The van der Waals surface area contributed by atoms with Crippen molar-refractivity contribution in [2.45, 2.75) is 38.6 Å². The number of hydrogen-bond acceptors (Lipinski definition) is 11. The molecule has 2 atom stereocenters. The van der Waals surface area contributed by atoms with Crippen LogP contribution in [0.2, 0.25) is 0 Å². The van der Waals surface area contributed by atoms with Crippen LogP contribution < -0.4 is 9.47 Å². The highest BCUT2D eigenvalue weighted by Crippen LogP contribution is 2.46. The van der Waals surface area contributed by atoms with Crippen molar-refractivity contribution in [3.05, 3.63) is 53.1 Å². The van der Waals surface area contributed by atoms with Gasteiger partial charge in [-0.15, -0.1) is 0 Å². The maximum Gasteiger partial charge on any atom is 0.338 e. The van der Waals surface area contributed by atoms with Crippen molar-refractivity contribution in [1.82, 2.24) is 0 Å². The lowest BCUT2D eigenvalue weighted by Gasteiger charge is -2.34. The minimum atomic E-state index is -1.14. The summed E-state index contributed by atoms with van der Waals surface area (Å²) in [6.07, 6.45) is -2.54. The Bertz CT molecular complexity index is 1290. The van der Waals surface area contributed by atoms with Crippen LogP contribution >= 0.6 is 0 Å². The Labute approximate surface area is 204 Å². The molecule has 1 aliphatic rings. The average molecular weight is 500 g/mol. The monoisotopic (exact) mass is 500 g/mol. The number of fused-ring (bicyclic) bond motifs is 1. The molecule has 1 heterocycles. The fourth-order valence-electron chi connectivity index (χ4n) is 3.88. The van der Waals surface area contributed by atoms with E-state index in [2.05, 4.69) is 0 Å². The normalized spacial score (nSPS) is 16.8. The van der Waals surface area contributed by atoms with Crippen molar-refractivity contribution in [3.8, 4) is 51.7 Å². The van der Waals surface area contributed by atoms with E-state index in [1.54, 1.807) is 13.8 Å². The smallest absolute Gasteiger partial charge is 0.338 e. The van der Waals surface area contributed by atoms with Crippen LogP contribution in [0.1, 0.15) is 41.4 Å². The van der Waals surface area contributed by atoms with Gasteiger partial charge in [-0.05, 0) is 38.1 Å². The molecule has 7 N–H and O–H groups in total. The Morgan fingerprint density at radius 3 is 1.94 bits per heavy atom. The zero-order valence-corrected chi connectivity index (χ0v) is 19.2. The molecular formula is C25H24O11. The van der Waals surface area contributed by atoms with Gasteiger partial charge in [-0.2, -0.15) is 0 Å². The number of carbonyl (C=O) groups is 1. The highest BCUT2D eigenvalue weighted by atomic mass is 16.6. The first-order valence-corrected chi connectivity index (χ1v) is 10.8. The molecule has 190 valence electrons. The maximum atomic E-state index is 12.9. The number of phenolic OH excluding ortho intramolecular Hbond substituents is 7. The summed E-state index contributed by atoms with van der Waals surface area (Å²) in [6.45, 7) is 3.60. The van der Waals surface area contributed by atoms with Crippen LogP contribution in [-0.4, -0.2) is 53.9 Å². The SMILES string of the molecule is CC(C)Oc1cc(O)c2c(c1)O[C@H](c1cc(O)c(O)c(O)c1)[C@H](OC(=O)c1cc(O)c(O)c(O)c1)C2. The molecule has 0 saturated heterocycles. The molecule has 11 nitrogen and oxygen atoms in total. The number of ether oxygens (including phenoxy) is 3. The first-order valence-electron chi connectivity index (χ1n) is 10.8. The lowest BCUT2D eigenvalue weighted by atomic mass is 9.93. The van der Waals surface area contributed by atoms with Crippen molar-refractivity contribution in [1.29, 1.82) is 0 Å². The molecule has 3 aromatic carbocycles. The second-order valence-corrected chi connectivity index (χ2v) is 8.54. The highest BCUT2D eigenvalue weighted by Gasteiger charge is 2.37. The van der Waals surface area contributed by atoms with Gasteiger partial charge in [0.1, 0.15) is 23.4 Å². The molecule has 0 bridgehead atoms. The number of carbonyl (C=O) groups excluding carboxylic acids is 1. The van der Waals surface area contributed by atoms with Gasteiger partial charge >= 0.3 is 5.97 Å². The topological polar surface area (TPSA) is 186 Å². The summed E-state index contributed by atoms with van der Waals surface area (Å²) < 4.78 is 17.2. The predicted molar refractivity (Wildman–Crippen MR) is 123 cm³/mol. The number of phenols is 7. The van der Waals surface area contributed by atoms with Gasteiger partial charge in [0.15, 0.2) is 40.6 Å². The first-order chi connectivity index (χ1) is 16.9. The van der Waals surface area contributed by atoms with E-state index in [0.717, 1.165) is 24.3 Å². The van der Waals surface area contributed by atoms with Crippen LogP contribution in [0.4, 0.5) is 0 Å². The predicted octanol–water partition coefficient (Wildman–Crippen LogP) is 3.31. The van der Waals surface area contributed by atoms with Crippen molar-refractivity contribution in [2.75, 3.05) is 0 Å². The molecule has 0 aromatic heterocycles. The molecule has 0 aliphatic carbocycles. The van der Waals surface area contributed by atoms with E-state index in [-0.39, 0.29) is 35.2 Å². The Morgan fingerprint density at radius 1 is 0.833 bits per heavy atom. The third kappa shape index (κ3) is 4.63. The summed E-state index contributed by atoms with van der Waals surface area (Å²) in [5, 5.41) is 69.4. The summed E-state index contributed by atoms with van der Waals surface area (Å²) in [5.74, 6) is -4.98. The van der Waals surface area contributed by atoms with Gasteiger partial charge in [0.25, 0.3) is 0 Å². The minimum absolute atomic E-state index is 0.0714. The van der Waals surface area contributed by atoms with E-state index in [1.165, 1.54) is 12.1 Å². The molecule has 11 heteroatoms. The number of aromatic hydroxyl groups is 7. The molecule has 0 unspecified atom stereocenters. The average Bonchev–Trinajstić information content (AvgIpc) is 2.80. The number of hydrogen-bond donors (Lipinski definition) is 7. The largest absolute Gasteiger partial charge is 0.507 e. The van der Waals surface area contributed by atoms with Gasteiger partial charge in [-0.25, -0.2) is 4.79 Å². The van der Waals surface area contributed by atoms with E-state index < -0.39 is 52.7 Å². The van der Waals surface area contributed by atoms with Crippen LogP contribution in [0.25, 0.3) is 0 Å². The van der Waals surface area contributed by atoms with E-state index in [1.807, 2.05) is 0 Å². The second kappa shape index (κ2) is 9.17. The van der Waals surface area contributed by atoms with Crippen molar-refractivity contribution < 1.29 is 54.8 Å². The second-order valence-electron chi connectivity index (χ2n) is 8.54.